The van der Waals surface area contributed by atoms with Crippen molar-refractivity contribution in [2.45, 2.75) is 6.92 Å². The summed E-state index contributed by atoms with van der Waals surface area (Å²) >= 11 is 0. The maximum atomic E-state index is 10.6. The number of hydrogen-bond acceptors (Lipinski definition) is 6. The Bertz CT molecular complexity index is 923. The Kier molecular flexibility index (Phi) is 4.84. The minimum absolute atomic E-state index is 0.0674. The number of hydrazone groups is 1. The van der Waals surface area contributed by atoms with Crippen LogP contribution in [0, 0.1) is 10.1 Å². The van der Waals surface area contributed by atoms with E-state index in [0.29, 0.717) is 12.4 Å². The quantitative estimate of drug-likeness (QED) is 0.417. The van der Waals surface area contributed by atoms with Crippen molar-refractivity contribution >= 4 is 28.5 Å². The lowest BCUT2D eigenvalue weighted by Gasteiger charge is -2.10. The predicted molar refractivity (Wildman–Crippen MR) is 97.2 cm³/mol. The maximum absolute atomic E-state index is 10.6. The summed E-state index contributed by atoms with van der Waals surface area (Å²) in [6.45, 7) is 2.48. The summed E-state index contributed by atoms with van der Waals surface area (Å²) < 4.78 is 5.68. The van der Waals surface area contributed by atoms with Gasteiger partial charge in [0.2, 0.25) is 0 Å². The van der Waals surface area contributed by atoms with Gasteiger partial charge in [-0.2, -0.15) is 5.10 Å². The van der Waals surface area contributed by atoms with E-state index in [2.05, 4.69) is 15.5 Å². The standard InChI is InChI=1S/C18H16N4O3/c1-2-25-17-9-7-13-5-3-4-6-15(13)16(17)12-20-21-18-10-8-14(11-19-18)22(23)24/h3-12H,2H2,1H3,(H,19,21)/b20-12+. The van der Waals surface area contributed by atoms with Gasteiger partial charge in [0.25, 0.3) is 5.69 Å². The zero-order valence-electron chi connectivity index (χ0n) is 13.5. The molecule has 0 fully saturated rings. The van der Waals surface area contributed by atoms with Crippen LogP contribution < -0.4 is 10.2 Å². The largest absolute Gasteiger partial charge is 0.493 e. The number of aromatic nitrogens is 1. The van der Waals surface area contributed by atoms with Crippen LogP contribution in [0.5, 0.6) is 5.75 Å². The fourth-order valence-electron chi connectivity index (χ4n) is 2.41. The van der Waals surface area contributed by atoms with Gasteiger partial charge in [0.1, 0.15) is 17.8 Å². The van der Waals surface area contributed by atoms with Crippen LogP contribution in [-0.2, 0) is 0 Å². The first-order valence-electron chi connectivity index (χ1n) is 7.73. The van der Waals surface area contributed by atoms with Crippen LogP contribution in [0.15, 0.2) is 59.8 Å². The minimum atomic E-state index is -0.496. The molecular weight excluding hydrogens is 320 g/mol. The monoisotopic (exact) mass is 336 g/mol. The van der Waals surface area contributed by atoms with Crippen LogP contribution in [-0.4, -0.2) is 22.7 Å². The van der Waals surface area contributed by atoms with Gasteiger partial charge in [0, 0.05) is 11.6 Å². The lowest BCUT2D eigenvalue weighted by Crippen LogP contribution is -1.99. The number of fused-ring (bicyclic) bond motifs is 1. The molecule has 0 aliphatic rings. The molecule has 3 aromatic rings. The third kappa shape index (κ3) is 3.72. The SMILES string of the molecule is CCOc1ccc2ccccc2c1/C=N/Nc1ccc([N+](=O)[O-])cn1. The molecule has 7 heteroatoms. The molecule has 0 saturated heterocycles. The molecule has 1 aromatic heterocycles. The number of hydrogen-bond donors (Lipinski definition) is 1. The van der Waals surface area contributed by atoms with Gasteiger partial charge in [-0.3, -0.25) is 15.5 Å². The lowest BCUT2D eigenvalue weighted by molar-refractivity contribution is -0.385. The van der Waals surface area contributed by atoms with E-state index in [0.717, 1.165) is 22.1 Å². The predicted octanol–water partition coefficient (Wildman–Crippen LogP) is 3.99. The van der Waals surface area contributed by atoms with Crippen LogP contribution in [0.25, 0.3) is 10.8 Å². The Balaban J connectivity index is 1.87. The van der Waals surface area contributed by atoms with Crippen LogP contribution >= 0.6 is 0 Å². The van der Waals surface area contributed by atoms with Crippen LogP contribution in [0.3, 0.4) is 0 Å². The Morgan fingerprint density at radius 1 is 1.24 bits per heavy atom. The van der Waals surface area contributed by atoms with Crippen molar-refractivity contribution < 1.29 is 9.66 Å². The van der Waals surface area contributed by atoms with E-state index in [9.17, 15) is 10.1 Å². The molecule has 126 valence electrons. The fourth-order valence-corrected chi connectivity index (χ4v) is 2.41. The lowest BCUT2D eigenvalue weighted by atomic mass is 10.0. The number of nitrogens with one attached hydrogen (secondary N) is 1. The van der Waals surface area contributed by atoms with Crippen molar-refractivity contribution in [3.8, 4) is 5.75 Å². The second kappa shape index (κ2) is 7.39. The molecule has 0 radical (unpaired) electrons. The Morgan fingerprint density at radius 2 is 2.08 bits per heavy atom. The summed E-state index contributed by atoms with van der Waals surface area (Å²) in [5.41, 5.74) is 3.56. The van der Waals surface area contributed by atoms with E-state index in [4.69, 9.17) is 4.74 Å². The van der Waals surface area contributed by atoms with Crippen LogP contribution in [0.1, 0.15) is 12.5 Å². The van der Waals surface area contributed by atoms with Gasteiger partial charge in [-0.15, -0.1) is 0 Å². The topological polar surface area (TPSA) is 89.6 Å². The van der Waals surface area contributed by atoms with Gasteiger partial charge in [0.15, 0.2) is 0 Å². The summed E-state index contributed by atoms with van der Waals surface area (Å²) in [7, 11) is 0. The molecule has 2 aromatic carbocycles. The smallest absolute Gasteiger partial charge is 0.287 e. The first kappa shape index (κ1) is 16.4. The van der Waals surface area contributed by atoms with Crippen molar-refractivity contribution in [2.24, 2.45) is 5.10 Å². The zero-order valence-corrected chi connectivity index (χ0v) is 13.5. The molecule has 25 heavy (non-hydrogen) atoms. The summed E-state index contributed by atoms with van der Waals surface area (Å²) in [6.07, 6.45) is 2.85. The molecular formula is C18H16N4O3. The molecule has 0 spiro atoms. The molecule has 0 unspecified atom stereocenters. The number of rotatable bonds is 6. The van der Waals surface area contributed by atoms with E-state index >= 15 is 0 Å². The Hall–Kier alpha value is -3.48. The highest BCUT2D eigenvalue weighted by atomic mass is 16.6. The summed E-state index contributed by atoms with van der Waals surface area (Å²) in [6, 6.07) is 14.7. The number of ether oxygens (including phenoxy) is 1. The van der Waals surface area contributed by atoms with Gasteiger partial charge in [0.05, 0.1) is 17.7 Å². The zero-order chi connectivity index (χ0) is 17.6. The Morgan fingerprint density at radius 3 is 2.80 bits per heavy atom. The van der Waals surface area contributed by atoms with Crippen molar-refractivity contribution in [1.29, 1.82) is 0 Å². The highest BCUT2D eigenvalue weighted by Gasteiger charge is 2.07. The van der Waals surface area contributed by atoms with Crippen molar-refractivity contribution in [2.75, 3.05) is 12.0 Å². The first-order valence-corrected chi connectivity index (χ1v) is 7.73. The summed E-state index contributed by atoms with van der Waals surface area (Å²) in [5, 5.41) is 16.9. The second-order valence-corrected chi connectivity index (χ2v) is 5.16. The summed E-state index contributed by atoms with van der Waals surface area (Å²) in [5.74, 6) is 1.16. The molecule has 1 heterocycles. The summed E-state index contributed by atoms with van der Waals surface area (Å²) in [4.78, 5) is 14.1. The van der Waals surface area contributed by atoms with Crippen molar-refractivity contribution in [3.05, 3.63) is 70.4 Å². The fraction of sp³-hybridized carbons (Fsp3) is 0.111. The molecule has 0 aliphatic heterocycles. The number of anilines is 1. The number of nitro groups is 1. The number of pyridine rings is 1. The first-order chi connectivity index (χ1) is 12.2. The molecule has 3 rings (SSSR count). The third-order valence-corrected chi connectivity index (χ3v) is 3.56. The van der Waals surface area contributed by atoms with Crippen LogP contribution in [0.4, 0.5) is 11.5 Å². The molecule has 7 nitrogen and oxygen atoms in total. The molecule has 1 N–H and O–H groups in total. The molecule has 0 aliphatic carbocycles. The van der Waals surface area contributed by atoms with E-state index < -0.39 is 4.92 Å². The minimum Gasteiger partial charge on any atom is -0.493 e. The number of nitrogens with zero attached hydrogens (tertiary/aromatic N) is 3. The molecule has 0 atom stereocenters. The van der Waals surface area contributed by atoms with Crippen molar-refractivity contribution in [3.63, 3.8) is 0 Å². The average molecular weight is 336 g/mol. The average Bonchev–Trinajstić information content (AvgIpc) is 2.64. The molecule has 0 bridgehead atoms. The van der Waals surface area contributed by atoms with E-state index in [-0.39, 0.29) is 5.69 Å². The maximum Gasteiger partial charge on any atom is 0.287 e. The van der Waals surface area contributed by atoms with Crippen molar-refractivity contribution in [1.82, 2.24) is 4.98 Å². The van der Waals surface area contributed by atoms with Gasteiger partial charge in [-0.05, 0) is 29.8 Å². The van der Waals surface area contributed by atoms with Gasteiger partial charge >= 0.3 is 0 Å². The second-order valence-electron chi connectivity index (χ2n) is 5.16. The normalized spacial score (nSPS) is 10.9. The van der Waals surface area contributed by atoms with E-state index in [1.165, 1.54) is 18.3 Å². The molecule has 0 amide bonds. The van der Waals surface area contributed by atoms with Crippen LogP contribution in [0.2, 0.25) is 0 Å². The Labute approximate surface area is 144 Å². The molecule has 0 saturated carbocycles. The van der Waals surface area contributed by atoms with Gasteiger partial charge < -0.3 is 4.74 Å². The number of benzene rings is 2. The van der Waals surface area contributed by atoms with Gasteiger partial charge in [-0.25, -0.2) is 4.98 Å². The van der Waals surface area contributed by atoms with E-state index in [1.54, 1.807) is 6.21 Å². The highest BCUT2D eigenvalue weighted by Crippen LogP contribution is 2.26. The third-order valence-electron chi connectivity index (χ3n) is 3.56. The highest BCUT2D eigenvalue weighted by molar-refractivity contribution is 6.02. The van der Waals surface area contributed by atoms with E-state index in [1.807, 2.05) is 43.3 Å². The van der Waals surface area contributed by atoms with Gasteiger partial charge in [-0.1, -0.05) is 30.3 Å².